The number of fused-ring (bicyclic) bond motifs is 1. The van der Waals surface area contributed by atoms with Gasteiger partial charge in [0, 0.05) is 23.1 Å². The molecule has 0 fully saturated rings. The van der Waals surface area contributed by atoms with Crippen LogP contribution in [0.4, 0.5) is 23.1 Å². The van der Waals surface area contributed by atoms with Crippen molar-refractivity contribution in [2.24, 2.45) is 5.14 Å². The molecule has 2 aromatic heterocycles. The number of nitrogens with one attached hydrogen (secondary N) is 3. The minimum absolute atomic E-state index is 0.0411. The zero-order valence-corrected chi connectivity index (χ0v) is 15.7. The summed E-state index contributed by atoms with van der Waals surface area (Å²) in [5, 5.41) is 11.4. The number of benzene rings is 2. The molecule has 0 bridgehead atoms. The maximum absolute atomic E-state index is 11.3. The summed E-state index contributed by atoms with van der Waals surface area (Å²) < 4.78 is 22.7. The Kier molecular flexibility index (Phi) is 4.41. The van der Waals surface area contributed by atoms with Crippen LogP contribution in [-0.4, -0.2) is 28.4 Å². The summed E-state index contributed by atoms with van der Waals surface area (Å²) in [6.45, 7) is 1.90. The van der Waals surface area contributed by atoms with Gasteiger partial charge in [0.25, 0.3) is 0 Å². The van der Waals surface area contributed by atoms with Crippen LogP contribution in [0, 0.1) is 6.92 Å². The van der Waals surface area contributed by atoms with E-state index in [1.54, 1.807) is 24.7 Å². The third-order valence-electron chi connectivity index (χ3n) is 4.09. The SMILES string of the molecule is Cc1cnc(Nc2ccc(S(N)(=O)=O)cc2)nc1Nc1ccc2nc[nH]c2c1. The van der Waals surface area contributed by atoms with Crippen molar-refractivity contribution in [2.75, 3.05) is 10.6 Å². The van der Waals surface area contributed by atoms with Crippen LogP contribution >= 0.6 is 0 Å². The molecule has 4 rings (SSSR count). The second kappa shape index (κ2) is 6.91. The molecule has 0 aliphatic rings. The first-order chi connectivity index (χ1) is 13.4. The highest BCUT2D eigenvalue weighted by Crippen LogP contribution is 2.23. The van der Waals surface area contributed by atoms with Crippen LogP contribution in [0.15, 0.2) is 59.9 Å². The van der Waals surface area contributed by atoms with Crippen LogP contribution < -0.4 is 15.8 Å². The Balaban J connectivity index is 1.56. The summed E-state index contributed by atoms with van der Waals surface area (Å²) in [4.78, 5) is 16.1. The number of aromatic nitrogens is 4. The first-order valence-corrected chi connectivity index (χ1v) is 9.87. The molecular formula is C18H17N7O2S. The van der Waals surface area contributed by atoms with E-state index >= 15 is 0 Å². The predicted octanol–water partition coefficient (Wildman–Crippen LogP) is 2.80. The van der Waals surface area contributed by atoms with Gasteiger partial charge in [-0.1, -0.05) is 0 Å². The van der Waals surface area contributed by atoms with Gasteiger partial charge >= 0.3 is 0 Å². The highest BCUT2D eigenvalue weighted by Gasteiger charge is 2.09. The second-order valence-electron chi connectivity index (χ2n) is 6.18. The fourth-order valence-corrected chi connectivity index (χ4v) is 3.15. The van der Waals surface area contributed by atoms with Crippen LogP contribution in [0.2, 0.25) is 0 Å². The normalized spacial score (nSPS) is 11.5. The van der Waals surface area contributed by atoms with Crippen LogP contribution in [0.5, 0.6) is 0 Å². The van der Waals surface area contributed by atoms with Crippen molar-refractivity contribution in [3.05, 3.63) is 60.6 Å². The number of rotatable bonds is 5. The highest BCUT2D eigenvalue weighted by atomic mass is 32.2. The molecule has 0 atom stereocenters. The Bertz CT molecular complexity index is 1250. The van der Waals surface area contributed by atoms with Crippen molar-refractivity contribution < 1.29 is 8.42 Å². The third kappa shape index (κ3) is 3.77. The lowest BCUT2D eigenvalue weighted by molar-refractivity contribution is 0.598. The van der Waals surface area contributed by atoms with E-state index in [1.807, 2.05) is 25.1 Å². The summed E-state index contributed by atoms with van der Waals surface area (Å²) in [7, 11) is -3.73. The monoisotopic (exact) mass is 395 g/mol. The molecule has 0 aliphatic heterocycles. The zero-order valence-electron chi connectivity index (χ0n) is 14.8. The molecule has 9 nitrogen and oxygen atoms in total. The lowest BCUT2D eigenvalue weighted by Gasteiger charge is -2.11. The average Bonchev–Trinajstić information content (AvgIpc) is 3.12. The van der Waals surface area contributed by atoms with Gasteiger partial charge in [-0.3, -0.25) is 0 Å². The number of H-pyrrole nitrogens is 1. The van der Waals surface area contributed by atoms with E-state index < -0.39 is 10.0 Å². The molecular weight excluding hydrogens is 378 g/mol. The number of imidazole rings is 1. The number of hydrogen-bond donors (Lipinski definition) is 4. The molecule has 4 aromatic rings. The molecule has 10 heteroatoms. The van der Waals surface area contributed by atoms with Crippen molar-refractivity contribution in [2.45, 2.75) is 11.8 Å². The van der Waals surface area contributed by atoms with Crippen molar-refractivity contribution >= 4 is 44.2 Å². The van der Waals surface area contributed by atoms with Crippen LogP contribution in [0.1, 0.15) is 5.56 Å². The molecule has 2 heterocycles. The van der Waals surface area contributed by atoms with Gasteiger partial charge in [0.1, 0.15) is 5.82 Å². The van der Waals surface area contributed by atoms with Gasteiger partial charge in [-0.05, 0) is 49.4 Å². The molecule has 2 aromatic carbocycles. The smallest absolute Gasteiger partial charge is 0.238 e. The summed E-state index contributed by atoms with van der Waals surface area (Å²) in [6.07, 6.45) is 3.35. The largest absolute Gasteiger partial charge is 0.345 e. The molecule has 0 saturated carbocycles. The Morgan fingerprint density at radius 1 is 1.00 bits per heavy atom. The number of aromatic amines is 1. The second-order valence-corrected chi connectivity index (χ2v) is 7.74. The first-order valence-electron chi connectivity index (χ1n) is 8.32. The standard InChI is InChI=1S/C18H17N7O2S/c1-11-9-20-18(24-12-2-5-14(6-3-12)28(19,26)27)25-17(11)23-13-4-7-15-16(8-13)22-10-21-15/h2-10H,1H3,(H,21,22)(H2,19,26,27)(H2,20,23,24,25). The number of sulfonamides is 1. The third-order valence-corrected chi connectivity index (χ3v) is 5.02. The molecule has 0 spiro atoms. The van der Waals surface area contributed by atoms with Gasteiger partial charge in [-0.2, -0.15) is 4.98 Å². The number of nitrogens with zero attached hydrogens (tertiary/aromatic N) is 3. The fraction of sp³-hybridized carbons (Fsp3) is 0.0556. The van der Waals surface area contributed by atoms with E-state index in [0.717, 1.165) is 22.3 Å². The molecule has 0 amide bonds. The fourth-order valence-electron chi connectivity index (χ4n) is 2.64. The molecule has 28 heavy (non-hydrogen) atoms. The summed E-state index contributed by atoms with van der Waals surface area (Å²) in [6, 6.07) is 11.8. The molecule has 142 valence electrons. The van der Waals surface area contributed by atoms with Crippen molar-refractivity contribution in [1.82, 2.24) is 19.9 Å². The van der Waals surface area contributed by atoms with E-state index in [4.69, 9.17) is 5.14 Å². The highest BCUT2D eigenvalue weighted by molar-refractivity contribution is 7.89. The number of primary sulfonamides is 1. The van der Waals surface area contributed by atoms with E-state index in [0.29, 0.717) is 17.5 Å². The van der Waals surface area contributed by atoms with Gasteiger partial charge in [0.2, 0.25) is 16.0 Å². The summed E-state index contributed by atoms with van der Waals surface area (Å²) in [5.41, 5.74) is 4.18. The van der Waals surface area contributed by atoms with E-state index in [2.05, 4.69) is 30.6 Å². The van der Waals surface area contributed by atoms with Crippen molar-refractivity contribution in [1.29, 1.82) is 0 Å². The lowest BCUT2D eigenvalue weighted by atomic mass is 10.2. The van der Waals surface area contributed by atoms with Crippen LogP contribution in [0.3, 0.4) is 0 Å². The van der Waals surface area contributed by atoms with Gasteiger partial charge in [0.15, 0.2) is 0 Å². The van der Waals surface area contributed by atoms with Crippen LogP contribution in [0.25, 0.3) is 11.0 Å². The van der Waals surface area contributed by atoms with Crippen LogP contribution in [-0.2, 0) is 10.0 Å². The number of aryl methyl sites for hydroxylation is 1. The Morgan fingerprint density at radius 2 is 1.75 bits per heavy atom. The van der Waals surface area contributed by atoms with Crippen molar-refractivity contribution in [3.63, 3.8) is 0 Å². The Hall–Kier alpha value is -3.50. The Labute approximate surface area is 161 Å². The molecule has 0 saturated heterocycles. The molecule has 5 N–H and O–H groups in total. The average molecular weight is 395 g/mol. The van der Waals surface area contributed by atoms with Gasteiger partial charge in [0.05, 0.1) is 22.3 Å². The number of nitrogens with two attached hydrogens (primary N) is 1. The van der Waals surface area contributed by atoms with Crippen molar-refractivity contribution in [3.8, 4) is 0 Å². The minimum atomic E-state index is -3.73. The van der Waals surface area contributed by atoms with E-state index in [1.165, 1.54) is 12.1 Å². The van der Waals surface area contributed by atoms with Gasteiger partial charge in [-0.25, -0.2) is 23.5 Å². The first kappa shape index (κ1) is 17.9. The molecule has 0 unspecified atom stereocenters. The maximum atomic E-state index is 11.3. The number of anilines is 4. The summed E-state index contributed by atoms with van der Waals surface area (Å²) >= 11 is 0. The lowest BCUT2D eigenvalue weighted by Crippen LogP contribution is -2.11. The van der Waals surface area contributed by atoms with Gasteiger partial charge < -0.3 is 15.6 Å². The quantitative estimate of drug-likeness (QED) is 0.407. The topological polar surface area (TPSA) is 139 Å². The Morgan fingerprint density at radius 3 is 2.50 bits per heavy atom. The number of hydrogen-bond acceptors (Lipinski definition) is 7. The zero-order chi connectivity index (χ0) is 19.7. The predicted molar refractivity (Wildman–Crippen MR) is 107 cm³/mol. The molecule has 0 aliphatic carbocycles. The minimum Gasteiger partial charge on any atom is -0.345 e. The van der Waals surface area contributed by atoms with E-state index in [9.17, 15) is 8.42 Å². The van der Waals surface area contributed by atoms with E-state index in [-0.39, 0.29) is 4.90 Å². The summed E-state index contributed by atoms with van der Waals surface area (Å²) in [5.74, 6) is 1.02. The van der Waals surface area contributed by atoms with Gasteiger partial charge in [-0.15, -0.1) is 0 Å². The molecule has 0 radical (unpaired) electrons. The maximum Gasteiger partial charge on any atom is 0.238 e.